The second-order valence-corrected chi connectivity index (χ2v) is 9.53. The number of benzene rings is 1. The van der Waals surface area contributed by atoms with Gasteiger partial charge in [-0.1, -0.05) is 0 Å². The molecule has 244 valence electrons. The van der Waals surface area contributed by atoms with Gasteiger partial charge in [0.25, 0.3) is 11.8 Å². The van der Waals surface area contributed by atoms with E-state index < -0.39 is 36.3 Å². The van der Waals surface area contributed by atoms with Crippen LogP contribution in [-0.4, -0.2) is 105 Å². The molecule has 16 nitrogen and oxygen atoms in total. The Kier molecular flexibility index (Phi) is 14.0. The lowest BCUT2D eigenvalue weighted by molar-refractivity contribution is -0.142. The Morgan fingerprint density at radius 3 is 2.42 bits per heavy atom. The summed E-state index contributed by atoms with van der Waals surface area (Å²) in [7, 11) is 1.42. The molecule has 1 aromatic carbocycles. The van der Waals surface area contributed by atoms with Crippen LogP contribution in [0.1, 0.15) is 32.8 Å². The van der Waals surface area contributed by atoms with Crippen molar-refractivity contribution >= 4 is 29.4 Å². The van der Waals surface area contributed by atoms with Crippen molar-refractivity contribution in [3.63, 3.8) is 0 Å². The fraction of sp³-hybridized carbons (Fsp3) is 0.414. The number of ether oxygens (including phenoxy) is 5. The van der Waals surface area contributed by atoms with Gasteiger partial charge in [-0.15, -0.1) is 0 Å². The third-order valence-electron chi connectivity index (χ3n) is 6.17. The Morgan fingerprint density at radius 1 is 1.00 bits per heavy atom. The number of H-pyrrole nitrogens is 1. The number of nitrogens with one attached hydrogen (secondary N) is 3. The number of anilines is 1. The number of carbonyl (C=O) groups excluding carboxylic acids is 3. The van der Waals surface area contributed by atoms with Crippen LogP contribution in [0.4, 0.5) is 5.69 Å². The highest BCUT2D eigenvalue weighted by Gasteiger charge is 2.21. The lowest BCUT2D eigenvalue weighted by atomic mass is 10.1. The molecule has 0 fully saturated rings. The number of primary amides is 1. The predicted octanol–water partition coefficient (Wildman–Crippen LogP) is 1.36. The molecular formula is C29H37N5O11. The first-order chi connectivity index (χ1) is 21.7. The van der Waals surface area contributed by atoms with Crippen LogP contribution in [0, 0.1) is 6.92 Å². The molecule has 16 heteroatoms. The molecule has 0 saturated carbocycles. The van der Waals surface area contributed by atoms with Gasteiger partial charge < -0.3 is 49.6 Å². The van der Waals surface area contributed by atoms with Crippen LogP contribution in [0.25, 0.3) is 11.5 Å². The van der Waals surface area contributed by atoms with E-state index in [9.17, 15) is 19.2 Å². The summed E-state index contributed by atoms with van der Waals surface area (Å²) in [5, 5.41) is 21.2. The van der Waals surface area contributed by atoms with Gasteiger partial charge in [0.1, 0.15) is 24.7 Å². The minimum absolute atomic E-state index is 0.0831. The van der Waals surface area contributed by atoms with E-state index in [0.717, 1.165) is 0 Å². The molecule has 2 heterocycles. The van der Waals surface area contributed by atoms with E-state index in [1.807, 2.05) is 0 Å². The smallest absolute Gasteiger partial charge is 0.329 e. The van der Waals surface area contributed by atoms with Crippen molar-refractivity contribution in [3.05, 3.63) is 53.4 Å². The summed E-state index contributed by atoms with van der Waals surface area (Å²) >= 11 is 0. The third kappa shape index (κ3) is 11.3. The Morgan fingerprint density at radius 2 is 1.73 bits per heavy atom. The largest absolute Gasteiger partial charge is 0.496 e. The Bertz CT molecular complexity index is 1410. The van der Waals surface area contributed by atoms with Gasteiger partial charge in [0.2, 0.25) is 5.91 Å². The summed E-state index contributed by atoms with van der Waals surface area (Å²) < 4.78 is 31.9. The van der Waals surface area contributed by atoms with Gasteiger partial charge in [0.05, 0.1) is 58.0 Å². The number of carboxylic acid groups (broad SMARTS) is 1. The van der Waals surface area contributed by atoms with Crippen molar-refractivity contribution in [3.8, 4) is 17.2 Å². The van der Waals surface area contributed by atoms with Crippen molar-refractivity contribution < 1.29 is 52.4 Å². The topological polar surface area (TPSA) is 227 Å². The van der Waals surface area contributed by atoms with Crippen molar-refractivity contribution in [1.29, 1.82) is 0 Å². The SMILES string of the molecule is COc1ccc(NC(=O)c2n[nH]c(-c3ccco3)c2C)cc1C(=O)NC(CCOCCOCC(=O)O)COCCOCC(N)=O. The molecule has 0 radical (unpaired) electrons. The first kappa shape index (κ1) is 34.7. The summed E-state index contributed by atoms with van der Waals surface area (Å²) in [6.45, 7) is 1.87. The molecular weight excluding hydrogens is 594 g/mol. The van der Waals surface area contributed by atoms with Crippen LogP contribution in [0.15, 0.2) is 41.0 Å². The molecule has 0 aliphatic heterocycles. The molecule has 0 bridgehead atoms. The number of furan rings is 1. The van der Waals surface area contributed by atoms with Crippen LogP contribution in [0.5, 0.6) is 5.75 Å². The maximum atomic E-state index is 13.4. The number of carbonyl (C=O) groups is 4. The van der Waals surface area contributed by atoms with E-state index in [1.165, 1.54) is 19.4 Å². The molecule has 1 unspecified atom stereocenters. The van der Waals surface area contributed by atoms with Gasteiger partial charge >= 0.3 is 5.97 Å². The molecule has 0 spiro atoms. The van der Waals surface area contributed by atoms with E-state index >= 15 is 0 Å². The van der Waals surface area contributed by atoms with E-state index in [-0.39, 0.29) is 63.3 Å². The monoisotopic (exact) mass is 631 g/mol. The van der Waals surface area contributed by atoms with E-state index in [4.69, 9.17) is 38.9 Å². The lowest BCUT2D eigenvalue weighted by Gasteiger charge is -2.20. The fourth-order valence-corrected chi connectivity index (χ4v) is 4.01. The first-order valence-corrected chi connectivity index (χ1v) is 13.9. The van der Waals surface area contributed by atoms with Crippen LogP contribution in [0.2, 0.25) is 0 Å². The minimum Gasteiger partial charge on any atom is -0.496 e. The number of aromatic amines is 1. The van der Waals surface area contributed by atoms with Crippen LogP contribution in [-0.2, 0) is 28.5 Å². The fourth-order valence-electron chi connectivity index (χ4n) is 4.01. The number of amides is 3. The normalized spacial score (nSPS) is 11.6. The number of aromatic nitrogens is 2. The Hall–Kier alpha value is -4.77. The zero-order chi connectivity index (χ0) is 32.6. The molecule has 3 aromatic rings. The number of methoxy groups -OCH3 is 1. The number of nitrogens with two attached hydrogens (primary N) is 1. The third-order valence-corrected chi connectivity index (χ3v) is 6.17. The van der Waals surface area contributed by atoms with E-state index in [0.29, 0.717) is 29.1 Å². The molecule has 6 N–H and O–H groups in total. The average Bonchev–Trinajstić information content (AvgIpc) is 3.67. The molecule has 1 atom stereocenters. The minimum atomic E-state index is -1.08. The highest BCUT2D eigenvalue weighted by Crippen LogP contribution is 2.26. The summed E-state index contributed by atoms with van der Waals surface area (Å²) in [5.41, 5.74) is 6.86. The molecule has 2 aromatic heterocycles. The first-order valence-electron chi connectivity index (χ1n) is 13.9. The molecule has 3 rings (SSSR count). The van der Waals surface area contributed by atoms with Gasteiger partial charge in [0.15, 0.2) is 11.5 Å². The number of carboxylic acids is 1. The summed E-state index contributed by atoms with van der Waals surface area (Å²) in [4.78, 5) is 47.8. The second kappa shape index (κ2) is 18.1. The van der Waals surface area contributed by atoms with Crippen LogP contribution in [0.3, 0.4) is 0 Å². The van der Waals surface area contributed by atoms with E-state index in [2.05, 4.69) is 20.8 Å². The van der Waals surface area contributed by atoms with Gasteiger partial charge in [-0.05, 0) is 43.7 Å². The lowest BCUT2D eigenvalue weighted by Crippen LogP contribution is -2.39. The second-order valence-electron chi connectivity index (χ2n) is 9.53. The number of rotatable bonds is 21. The molecule has 0 aliphatic rings. The van der Waals surface area contributed by atoms with Crippen molar-refractivity contribution in [2.24, 2.45) is 5.73 Å². The van der Waals surface area contributed by atoms with Crippen LogP contribution >= 0.6 is 0 Å². The van der Waals surface area contributed by atoms with Gasteiger partial charge in [-0.25, -0.2) is 4.79 Å². The summed E-state index contributed by atoms with van der Waals surface area (Å²) in [6, 6.07) is 7.57. The molecule has 0 aliphatic carbocycles. The highest BCUT2D eigenvalue weighted by molar-refractivity contribution is 6.06. The number of hydrogen-bond acceptors (Lipinski definition) is 11. The molecule has 0 saturated heterocycles. The predicted molar refractivity (Wildman–Crippen MR) is 158 cm³/mol. The summed E-state index contributed by atoms with van der Waals surface area (Å²) in [5.74, 6) is -1.86. The number of hydrogen-bond donors (Lipinski definition) is 5. The standard InChI is InChI=1S/C29H37N5O11/c1-18-26(23-4-3-8-45-23)33-34-27(18)29(39)31-19-5-6-22(40-2)21(14-19)28(38)32-20(15-42-12-13-43-16-24(30)35)7-9-41-10-11-44-17-25(36)37/h3-6,8,14,20H,7,9-13,15-17H2,1-2H3,(H2,30,35)(H,31,39)(H,32,38)(H,33,34)(H,36,37). The van der Waals surface area contributed by atoms with E-state index in [1.54, 1.807) is 31.2 Å². The molecule has 3 amide bonds. The maximum absolute atomic E-state index is 13.4. The average molecular weight is 632 g/mol. The van der Waals surface area contributed by atoms with Crippen LogP contribution < -0.4 is 21.1 Å². The number of aliphatic carboxylic acids is 1. The molecule has 45 heavy (non-hydrogen) atoms. The van der Waals surface area contributed by atoms with Gasteiger partial charge in [-0.3, -0.25) is 19.5 Å². The Labute approximate surface area is 258 Å². The Balaban J connectivity index is 1.64. The van der Waals surface area contributed by atoms with Crippen molar-refractivity contribution in [2.45, 2.75) is 19.4 Å². The van der Waals surface area contributed by atoms with Gasteiger partial charge in [0, 0.05) is 17.9 Å². The highest BCUT2D eigenvalue weighted by atomic mass is 16.5. The van der Waals surface area contributed by atoms with Crippen molar-refractivity contribution in [2.75, 3.05) is 65.3 Å². The van der Waals surface area contributed by atoms with Crippen molar-refractivity contribution in [1.82, 2.24) is 15.5 Å². The van der Waals surface area contributed by atoms with Gasteiger partial charge in [-0.2, -0.15) is 5.10 Å². The number of nitrogens with zero attached hydrogens (tertiary/aromatic N) is 1. The summed E-state index contributed by atoms with van der Waals surface area (Å²) in [6.07, 6.45) is 1.85. The zero-order valence-electron chi connectivity index (χ0n) is 25.0. The zero-order valence-corrected chi connectivity index (χ0v) is 25.0. The quantitative estimate of drug-likeness (QED) is 0.105. The maximum Gasteiger partial charge on any atom is 0.329 e.